The molecule has 1 fully saturated rings. The van der Waals surface area contributed by atoms with Crippen molar-refractivity contribution in [2.75, 3.05) is 6.61 Å². The van der Waals surface area contributed by atoms with E-state index in [1.54, 1.807) is 0 Å². The number of carbonyl (C=O) groups excluding carboxylic acids is 1. The molecule has 2 bridgehead atoms. The van der Waals surface area contributed by atoms with E-state index in [1.165, 1.54) is 34.5 Å². The summed E-state index contributed by atoms with van der Waals surface area (Å²) in [6.07, 6.45) is 1.72. The van der Waals surface area contributed by atoms with E-state index in [1.807, 2.05) is 35.2 Å². The molecular weight excluding hydrogens is 465 g/mol. The number of nitrogens with zero attached hydrogens (tertiary/aromatic N) is 2. The van der Waals surface area contributed by atoms with Crippen LogP contribution in [0.3, 0.4) is 0 Å². The molecule has 4 nitrogen and oxygen atoms in total. The van der Waals surface area contributed by atoms with Crippen LogP contribution >= 0.6 is 0 Å². The lowest BCUT2D eigenvalue weighted by Crippen LogP contribution is -2.51. The van der Waals surface area contributed by atoms with E-state index in [2.05, 4.69) is 29.2 Å². The Balaban J connectivity index is 1.20. The van der Waals surface area contributed by atoms with Crippen molar-refractivity contribution in [3.05, 3.63) is 95.3 Å². The van der Waals surface area contributed by atoms with Crippen molar-refractivity contribution >= 4 is 11.7 Å². The Morgan fingerprint density at radius 2 is 1.67 bits per heavy atom. The zero-order chi connectivity index (χ0) is 24.9. The Morgan fingerprint density at radius 3 is 2.28 bits per heavy atom. The van der Waals surface area contributed by atoms with E-state index in [9.17, 15) is 18.0 Å². The summed E-state index contributed by atoms with van der Waals surface area (Å²) in [5.41, 5.74) is 5.41. The van der Waals surface area contributed by atoms with Gasteiger partial charge in [0.25, 0.3) is 0 Å². The lowest BCUT2D eigenvalue weighted by atomic mass is 9.83. The summed E-state index contributed by atoms with van der Waals surface area (Å²) in [5, 5.41) is 0. The van der Waals surface area contributed by atoms with Gasteiger partial charge >= 0.3 is 12.3 Å². The second-order valence-electron chi connectivity index (χ2n) is 9.69. The average Bonchev–Trinajstić information content (AvgIpc) is 3.20. The van der Waals surface area contributed by atoms with Gasteiger partial charge in [0.05, 0.1) is 6.04 Å². The van der Waals surface area contributed by atoms with Crippen LogP contribution in [0.25, 0.3) is 16.7 Å². The number of alkyl halides is 3. The zero-order valence-corrected chi connectivity index (χ0v) is 19.5. The third-order valence-corrected chi connectivity index (χ3v) is 7.61. The first-order valence-electron chi connectivity index (χ1n) is 12.3. The van der Waals surface area contributed by atoms with Crippen LogP contribution in [0.5, 0.6) is 0 Å². The maximum absolute atomic E-state index is 13.3. The first kappa shape index (κ1) is 22.8. The molecule has 3 aromatic rings. The van der Waals surface area contributed by atoms with Gasteiger partial charge in [-0.3, -0.25) is 9.88 Å². The summed E-state index contributed by atoms with van der Waals surface area (Å²) >= 11 is 0. The van der Waals surface area contributed by atoms with Crippen molar-refractivity contribution in [2.24, 2.45) is 0 Å². The minimum atomic E-state index is -4.46. The van der Waals surface area contributed by atoms with Crippen LogP contribution in [-0.2, 0) is 10.9 Å². The number of halogens is 3. The van der Waals surface area contributed by atoms with E-state index in [0.29, 0.717) is 12.0 Å². The second kappa shape index (κ2) is 8.80. The van der Waals surface area contributed by atoms with Crippen molar-refractivity contribution < 1.29 is 22.7 Å². The molecule has 6 rings (SSSR count). The molecule has 3 heterocycles. The molecule has 1 aliphatic carbocycles. The highest BCUT2D eigenvalue weighted by molar-refractivity contribution is 5.79. The van der Waals surface area contributed by atoms with Crippen LogP contribution in [0.1, 0.15) is 54.0 Å². The highest BCUT2D eigenvalue weighted by Gasteiger charge is 2.39. The Morgan fingerprint density at radius 1 is 0.972 bits per heavy atom. The van der Waals surface area contributed by atoms with Crippen LogP contribution in [0, 0.1) is 0 Å². The van der Waals surface area contributed by atoms with Gasteiger partial charge in [-0.15, -0.1) is 0 Å². The van der Waals surface area contributed by atoms with Crippen molar-refractivity contribution in [1.29, 1.82) is 0 Å². The van der Waals surface area contributed by atoms with Crippen molar-refractivity contribution in [1.82, 2.24) is 9.88 Å². The van der Waals surface area contributed by atoms with Crippen LogP contribution in [0.15, 0.2) is 72.9 Å². The largest absolute Gasteiger partial charge is 0.448 e. The first-order chi connectivity index (χ1) is 17.4. The molecule has 1 saturated heterocycles. The van der Waals surface area contributed by atoms with Crippen LogP contribution in [0.4, 0.5) is 18.0 Å². The quantitative estimate of drug-likeness (QED) is 0.395. The molecule has 0 spiro atoms. The second-order valence-corrected chi connectivity index (χ2v) is 9.69. The third kappa shape index (κ3) is 3.96. The fourth-order valence-electron chi connectivity index (χ4n) is 5.95. The summed E-state index contributed by atoms with van der Waals surface area (Å²) in [6, 6.07) is 18.8. The molecule has 3 aliphatic rings. The maximum atomic E-state index is 13.3. The number of amides is 1. The Labute approximate surface area is 207 Å². The van der Waals surface area contributed by atoms with E-state index < -0.39 is 11.9 Å². The standard InChI is InChI=1S/C29H25F3N2O2/c30-29(31,32)27-13-12-18(16-33-27)19-14-20-6-5-7-21(15-19)34(20)28(35)36-17-26-24-10-3-1-8-22(24)23-9-2-4-11-25(23)26/h1-4,8-14,16,20-21,26H,5-7,15,17H2. The monoisotopic (exact) mass is 490 g/mol. The van der Waals surface area contributed by atoms with Gasteiger partial charge in [-0.1, -0.05) is 60.7 Å². The smallest absolute Gasteiger partial charge is 0.433 e. The number of fused-ring (bicyclic) bond motifs is 5. The minimum Gasteiger partial charge on any atom is -0.448 e. The highest BCUT2D eigenvalue weighted by atomic mass is 19.4. The predicted octanol–water partition coefficient (Wildman–Crippen LogP) is 7.06. The number of piperidine rings is 1. The van der Waals surface area contributed by atoms with Gasteiger partial charge in [0.15, 0.2) is 0 Å². The molecule has 2 aliphatic heterocycles. The fourth-order valence-corrected chi connectivity index (χ4v) is 5.95. The van der Waals surface area contributed by atoms with Gasteiger partial charge < -0.3 is 4.74 Å². The zero-order valence-electron chi connectivity index (χ0n) is 19.5. The lowest BCUT2D eigenvalue weighted by molar-refractivity contribution is -0.141. The van der Waals surface area contributed by atoms with Crippen molar-refractivity contribution in [3.63, 3.8) is 0 Å². The Hall–Kier alpha value is -3.61. The van der Waals surface area contributed by atoms with Gasteiger partial charge in [-0.25, -0.2) is 4.79 Å². The Bertz CT molecular complexity index is 1290. The Kier molecular flexibility index (Phi) is 5.58. The normalized spacial score (nSPS) is 21.0. The molecule has 2 unspecified atom stereocenters. The number of rotatable bonds is 3. The van der Waals surface area contributed by atoms with E-state index >= 15 is 0 Å². The average molecular weight is 491 g/mol. The van der Waals surface area contributed by atoms with E-state index in [-0.39, 0.29) is 30.7 Å². The van der Waals surface area contributed by atoms with Gasteiger partial charge in [0.1, 0.15) is 12.3 Å². The molecule has 0 saturated carbocycles. The van der Waals surface area contributed by atoms with Crippen molar-refractivity contribution in [3.8, 4) is 11.1 Å². The summed E-state index contributed by atoms with van der Waals surface area (Å²) in [4.78, 5) is 18.8. The molecular formula is C29H25F3N2O2. The molecule has 7 heteroatoms. The van der Waals surface area contributed by atoms with Gasteiger partial charge in [-0.2, -0.15) is 13.2 Å². The number of ether oxygens (including phenoxy) is 1. The SMILES string of the molecule is O=C(OCC1c2ccccc2-c2ccccc21)N1C2C=C(c3ccc(C(F)(F)F)nc3)CC1CCC2. The number of aromatic nitrogens is 1. The topological polar surface area (TPSA) is 42.4 Å². The maximum Gasteiger partial charge on any atom is 0.433 e. The summed E-state index contributed by atoms with van der Waals surface area (Å²) in [5.74, 6) is -0.00435. The molecule has 0 radical (unpaired) electrons. The summed E-state index contributed by atoms with van der Waals surface area (Å²) < 4.78 is 44.6. The number of pyridine rings is 1. The first-order valence-corrected chi connectivity index (χ1v) is 12.3. The predicted molar refractivity (Wildman–Crippen MR) is 130 cm³/mol. The van der Waals surface area contributed by atoms with Crippen LogP contribution < -0.4 is 0 Å². The molecule has 1 amide bonds. The van der Waals surface area contributed by atoms with Crippen LogP contribution in [0.2, 0.25) is 0 Å². The molecule has 2 aromatic carbocycles. The third-order valence-electron chi connectivity index (χ3n) is 7.61. The van der Waals surface area contributed by atoms with Crippen LogP contribution in [-0.4, -0.2) is 34.7 Å². The molecule has 0 N–H and O–H groups in total. The highest BCUT2D eigenvalue weighted by Crippen LogP contribution is 2.45. The minimum absolute atomic E-state index is 0.00435. The molecule has 184 valence electrons. The summed E-state index contributed by atoms with van der Waals surface area (Å²) in [6.45, 7) is 0.266. The molecule has 2 atom stereocenters. The van der Waals surface area contributed by atoms with E-state index in [4.69, 9.17) is 4.74 Å². The van der Waals surface area contributed by atoms with Gasteiger partial charge in [-0.05, 0) is 65.1 Å². The molecule has 36 heavy (non-hydrogen) atoms. The summed E-state index contributed by atoms with van der Waals surface area (Å²) in [7, 11) is 0. The fraction of sp³-hybridized carbons (Fsp3) is 0.310. The number of hydrogen-bond acceptors (Lipinski definition) is 3. The molecule has 1 aromatic heterocycles. The lowest BCUT2D eigenvalue weighted by Gasteiger charge is -2.44. The number of carbonyl (C=O) groups is 1. The van der Waals surface area contributed by atoms with Gasteiger partial charge in [0.2, 0.25) is 0 Å². The van der Waals surface area contributed by atoms with Gasteiger partial charge in [0, 0.05) is 18.2 Å². The number of benzene rings is 2. The van der Waals surface area contributed by atoms with Crippen molar-refractivity contribution in [2.45, 2.75) is 49.9 Å². The number of hydrogen-bond donors (Lipinski definition) is 0. The van der Waals surface area contributed by atoms with E-state index in [0.717, 1.165) is 30.9 Å².